The van der Waals surface area contributed by atoms with Crippen LogP contribution in [0.1, 0.15) is 18.4 Å². The number of anilines is 1. The van der Waals surface area contributed by atoms with Crippen LogP contribution in [-0.2, 0) is 11.2 Å². The van der Waals surface area contributed by atoms with Gasteiger partial charge in [0, 0.05) is 31.9 Å². The standard InChI is InChI=1S/C15H22N2O/c1-2-6-15-13(4-1)8-12(10-17-15)9-16-11-14-5-3-7-18-14/h1-2,4,6,12,14,16-17H,3,5,7-11H2. The Bertz CT molecular complexity index is 388. The monoisotopic (exact) mass is 246 g/mol. The van der Waals surface area contributed by atoms with E-state index in [2.05, 4.69) is 34.9 Å². The van der Waals surface area contributed by atoms with Gasteiger partial charge < -0.3 is 15.4 Å². The summed E-state index contributed by atoms with van der Waals surface area (Å²) >= 11 is 0. The van der Waals surface area contributed by atoms with E-state index in [0.29, 0.717) is 12.0 Å². The fourth-order valence-corrected chi connectivity index (χ4v) is 2.91. The van der Waals surface area contributed by atoms with Crippen LogP contribution in [0.15, 0.2) is 24.3 Å². The third-order valence-electron chi connectivity index (χ3n) is 3.94. The lowest BCUT2D eigenvalue weighted by Crippen LogP contribution is -2.35. The number of ether oxygens (including phenoxy) is 1. The van der Waals surface area contributed by atoms with Crippen LogP contribution in [0.4, 0.5) is 5.69 Å². The van der Waals surface area contributed by atoms with Crippen molar-refractivity contribution in [3.63, 3.8) is 0 Å². The van der Waals surface area contributed by atoms with Crippen LogP contribution in [-0.4, -0.2) is 32.3 Å². The maximum absolute atomic E-state index is 5.62. The second-order valence-electron chi connectivity index (χ2n) is 5.40. The molecule has 2 aliphatic rings. The smallest absolute Gasteiger partial charge is 0.0700 e. The van der Waals surface area contributed by atoms with Gasteiger partial charge in [0.25, 0.3) is 0 Å². The molecule has 1 aromatic carbocycles. The predicted molar refractivity (Wildman–Crippen MR) is 74.0 cm³/mol. The number of benzene rings is 1. The lowest BCUT2D eigenvalue weighted by molar-refractivity contribution is 0.109. The first-order chi connectivity index (χ1) is 8.92. The molecule has 2 N–H and O–H groups in total. The second-order valence-corrected chi connectivity index (χ2v) is 5.40. The van der Waals surface area contributed by atoms with Crippen molar-refractivity contribution in [3.8, 4) is 0 Å². The summed E-state index contributed by atoms with van der Waals surface area (Å²) in [5, 5.41) is 7.08. The molecule has 18 heavy (non-hydrogen) atoms. The van der Waals surface area contributed by atoms with Crippen LogP contribution >= 0.6 is 0 Å². The van der Waals surface area contributed by atoms with Crippen LogP contribution in [0.25, 0.3) is 0 Å². The Morgan fingerprint density at radius 1 is 1.28 bits per heavy atom. The van der Waals surface area contributed by atoms with E-state index in [1.54, 1.807) is 0 Å². The van der Waals surface area contributed by atoms with Gasteiger partial charge in [0.15, 0.2) is 0 Å². The quantitative estimate of drug-likeness (QED) is 0.853. The first kappa shape index (κ1) is 12.0. The highest BCUT2D eigenvalue weighted by atomic mass is 16.5. The first-order valence-electron chi connectivity index (χ1n) is 7.06. The van der Waals surface area contributed by atoms with Gasteiger partial charge in [0.1, 0.15) is 0 Å². The Labute approximate surface area is 109 Å². The highest BCUT2D eigenvalue weighted by molar-refractivity contribution is 5.53. The minimum absolute atomic E-state index is 0.453. The third-order valence-corrected chi connectivity index (χ3v) is 3.94. The average molecular weight is 246 g/mol. The van der Waals surface area contributed by atoms with Gasteiger partial charge in [-0.05, 0) is 36.8 Å². The maximum Gasteiger partial charge on any atom is 0.0700 e. The van der Waals surface area contributed by atoms with Crippen LogP contribution in [0, 0.1) is 5.92 Å². The maximum atomic E-state index is 5.62. The van der Waals surface area contributed by atoms with Gasteiger partial charge in [0.2, 0.25) is 0 Å². The molecule has 0 aliphatic carbocycles. The van der Waals surface area contributed by atoms with E-state index in [-0.39, 0.29) is 0 Å². The molecule has 0 saturated carbocycles. The Morgan fingerprint density at radius 2 is 2.22 bits per heavy atom. The van der Waals surface area contributed by atoms with Crippen LogP contribution < -0.4 is 10.6 Å². The summed E-state index contributed by atoms with van der Waals surface area (Å²) in [7, 11) is 0. The molecule has 2 atom stereocenters. The summed E-state index contributed by atoms with van der Waals surface area (Å²) in [6.45, 7) is 4.12. The average Bonchev–Trinajstić information content (AvgIpc) is 2.92. The molecule has 1 saturated heterocycles. The zero-order valence-electron chi connectivity index (χ0n) is 10.8. The molecule has 3 heteroatoms. The largest absolute Gasteiger partial charge is 0.384 e. The van der Waals surface area contributed by atoms with Gasteiger partial charge in [-0.15, -0.1) is 0 Å². The van der Waals surface area contributed by atoms with Crippen LogP contribution in [0.2, 0.25) is 0 Å². The molecule has 0 spiro atoms. The molecule has 98 valence electrons. The van der Waals surface area contributed by atoms with Crippen molar-refractivity contribution < 1.29 is 4.74 Å². The number of fused-ring (bicyclic) bond motifs is 1. The summed E-state index contributed by atoms with van der Waals surface area (Å²) in [5.74, 6) is 0.696. The van der Waals surface area contributed by atoms with E-state index in [0.717, 1.165) is 26.2 Å². The Morgan fingerprint density at radius 3 is 3.11 bits per heavy atom. The Balaban J connectivity index is 1.44. The molecule has 1 aromatic rings. The van der Waals surface area contributed by atoms with E-state index >= 15 is 0 Å². The molecule has 3 nitrogen and oxygen atoms in total. The van der Waals surface area contributed by atoms with Crippen molar-refractivity contribution in [1.29, 1.82) is 0 Å². The van der Waals surface area contributed by atoms with Crippen molar-refractivity contribution in [1.82, 2.24) is 5.32 Å². The molecule has 0 bridgehead atoms. The van der Waals surface area contributed by atoms with Crippen molar-refractivity contribution in [2.24, 2.45) is 5.92 Å². The molecule has 2 aliphatic heterocycles. The van der Waals surface area contributed by atoms with Gasteiger partial charge in [-0.25, -0.2) is 0 Å². The minimum atomic E-state index is 0.453. The second kappa shape index (κ2) is 5.72. The first-order valence-corrected chi connectivity index (χ1v) is 7.06. The summed E-state index contributed by atoms with van der Waals surface area (Å²) in [6, 6.07) is 8.63. The lowest BCUT2D eigenvalue weighted by atomic mass is 9.94. The number of hydrogen-bond acceptors (Lipinski definition) is 3. The van der Waals surface area contributed by atoms with E-state index in [4.69, 9.17) is 4.74 Å². The molecule has 2 heterocycles. The predicted octanol–water partition coefficient (Wildman–Crippen LogP) is 2.04. The summed E-state index contributed by atoms with van der Waals surface area (Å²) in [5.41, 5.74) is 2.76. The van der Waals surface area contributed by atoms with Gasteiger partial charge in [0.05, 0.1) is 6.10 Å². The fraction of sp³-hybridized carbons (Fsp3) is 0.600. The van der Waals surface area contributed by atoms with Crippen molar-refractivity contribution in [3.05, 3.63) is 29.8 Å². The Hall–Kier alpha value is -1.06. The van der Waals surface area contributed by atoms with Crippen LogP contribution in [0.3, 0.4) is 0 Å². The van der Waals surface area contributed by atoms with Gasteiger partial charge in [-0.3, -0.25) is 0 Å². The molecule has 1 fully saturated rings. The minimum Gasteiger partial charge on any atom is -0.384 e. The van der Waals surface area contributed by atoms with Crippen molar-refractivity contribution >= 4 is 5.69 Å². The number of nitrogens with one attached hydrogen (secondary N) is 2. The molecule has 0 radical (unpaired) electrons. The normalized spacial score (nSPS) is 26.7. The lowest BCUT2D eigenvalue weighted by Gasteiger charge is -2.26. The van der Waals surface area contributed by atoms with E-state index in [9.17, 15) is 0 Å². The van der Waals surface area contributed by atoms with Gasteiger partial charge in [-0.2, -0.15) is 0 Å². The zero-order chi connectivity index (χ0) is 12.2. The van der Waals surface area contributed by atoms with Gasteiger partial charge in [-0.1, -0.05) is 18.2 Å². The molecule has 3 rings (SSSR count). The fourth-order valence-electron chi connectivity index (χ4n) is 2.91. The number of para-hydroxylation sites is 1. The Kier molecular flexibility index (Phi) is 3.81. The number of rotatable bonds is 4. The topological polar surface area (TPSA) is 33.3 Å². The summed E-state index contributed by atoms with van der Waals surface area (Å²) in [6.07, 6.45) is 4.08. The molecular weight excluding hydrogens is 224 g/mol. The van der Waals surface area contributed by atoms with E-state index in [1.807, 2.05) is 0 Å². The van der Waals surface area contributed by atoms with Crippen molar-refractivity contribution in [2.45, 2.75) is 25.4 Å². The molecular formula is C15H22N2O. The molecule has 0 aromatic heterocycles. The van der Waals surface area contributed by atoms with E-state index < -0.39 is 0 Å². The third kappa shape index (κ3) is 2.85. The van der Waals surface area contributed by atoms with E-state index in [1.165, 1.54) is 30.5 Å². The molecule has 0 amide bonds. The van der Waals surface area contributed by atoms with Crippen LogP contribution in [0.5, 0.6) is 0 Å². The highest BCUT2D eigenvalue weighted by Gasteiger charge is 2.19. The zero-order valence-corrected chi connectivity index (χ0v) is 10.8. The number of hydrogen-bond donors (Lipinski definition) is 2. The highest BCUT2D eigenvalue weighted by Crippen LogP contribution is 2.23. The summed E-state index contributed by atoms with van der Waals surface area (Å²) in [4.78, 5) is 0. The molecule has 2 unspecified atom stereocenters. The SMILES string of the molecule is c1ccc2c(c1)CC(CNCC1CCCO1)CN2. The van der Waals surface area contributed by atoms with Crippen molar-refractivity contribution in [2.75, 3.05) is 31.6 Å². The summed E-state index contributed by atoms with van der Waals surface area (Å²) < 4.78 is 5.62. The van der Waals surface area contributed by atoms with Gasteiger partial charge >= 0.3 is 0 Å².